The third kappa shape index (κ3) is 2.07. The number of hydrogen-bond acceptors (Lipinski definition) is 3. The van der Waals surface area contributed by atoms with Gasteiger partial charge in [0.05, 0.1) is 12.2 Å². The molecule has 5 nitrogen and oxygen atoms in total. The number of para-hydroxylation sites is 2. The van der Waals surface area contributed by atoms with Gasteiger partial charge in [0.2, 0.25) is 12.0 Å². The molecule has 4 rings (SSSR count). The minimum Gasteiger partial charge on any atom is -0.478 e. The fourth-order valence-electron chi connectivity index (χ4n) is 3.71. The number of carboxylic acid groups (broad SMARTS) is 1. The highest BCUT2D eigenvalue weighted by atomic mass is 16.5. The molecule has 3 atom stereocenters. The second-order valence-corrected chi connectivity index (χ2v) is 6.29. The number of amides is 1. The summed E-state index contributed by atoms with van der Waals surface area (Å²) < 4.78 is 5.47. The first-order valence-electron chi connectivity index (χ1n) is 7.43. The number of carbonyl (C=O) groups is 2. The van der Waals surface area contributed by atoms with E-state index >= 15 is 0 Å². The maximum Gasteiger partial charge on any atom is 0.346 e. The third-order valence-electron chi connectivity index (χ3n) is 4.91. The highest BCUT2D eigenvalue weighted by Crippen LogP contribution is 2.55. The average Bonchev–Trinajstić information content (AvgIpc) is 3.11. The van der Waals surface area contributed by atoms with Crippen LogP contribution in [0.1, 0.15) is 19.3 Å². The zero-order valence-electron chi connectivity index (χ0n) is 11.6. The summed E-state index contributed by atoms with van der Waals surface area (Å²) >= 11 is 0. The van der Waals surface area contributed by atoms with Crippen molar-refractivity contribution in [1.82, 2.24) is 0 Å². The van der Waals surface area contributed by atoms with E-state index in [4.69, 9.17) is 4.74 Å². The Labute approximate surface area is 122 Å². The quantitative estimate of drug-likeness (QED) is 0.902. The fraction of sp³-hybridized carbons (Fsp3) is 0.500. The van der Waals surface area contributed by atoms with Gasteiger partial charge < -0.3 is 14.7 Å². The summed E-state index contributed by atoms with van der Waals surface area (Å²) in [6, 6.07) is 7.17. The number of fused-ring (bicyclic) bond motifs is 2. The van der Waals surface area contributed by atoms with Crippen LogP contribution in [-0.2, 0) is 9.59 Å². The smallest absolute Gasteiger partial charge is 0.346 e. The van der Waals surface area contributed by atoms with Gasteiger partial charge in [-0.15, -0.1) is 0 Å². The number of carboxylic acids is 1. The van der Waals surface area contributed by atoms with Gasteiger partial charge in [0.1, 0.15) is 5.75 Å². The van der Waals surface area contributed by atoms with E-state index in [2.05, 4.69) is 0 Å². The SMILES string of the molecule is O=C(O)C1CN(C(=O)C2CC3CC3C2)c2ccccc2O1. The van der Waals surface area contributed by atoms with Crippen molar-refractivity contribution in [3.05, 3.63) is 24.3 Å². The largest absolute Gasteiger partial charge is 0.478 e. The summed E-state index contributed by atoms with van der Waals surface area (Å²) in [4.78, 5) is 25.6. The molecule has 1 aromatic carbocycles. The number of ether oxygens (including phenoxy) is 1. The van der Waals surface area contributed by atoms with Gasteiger partial charge in [0.25, 0.3) is 0 Å². The Morgan fingerprint density at radius 3 is 2.57 bits per heavy atom. The Morgan fingerprint density at radius 1 is 1.14 bits per heavy atom. The molecule has 1 amide bonds. The minimum absolute atomic E-state index is 0.0503. The molecule has 2 saturated carbocycles. The van der Waals surface area contributed by atoms with Gasteiger partial charge in [-0.1, -0.05) is 12.1 Å². The number of aliphatic carboxylic acids is 1. The van der Waals surface area contributed by atoms with Gasteiger partial charge >= 0.3 is 5.97 Å². The number of carbonyl (C=O) groups excluding carboxylic acids is 1. The van der Waals surface area contributed by atoms with Gasteiger partial charge in [-0.3, -0.25) is 4.79 Å². The molecule has 0 radical (unpaired) electrons. The van der Waals surface area contributed by atoms with E-state index in [1.807, 2.05) is 12.1 Å². The molecule has 1 heterocycles. The number of rotatable bonds is 2. The lowest BCUT2D eigenvalue weighted by atomic mass is 10.0. The van der Waals surface area contributed by atoms with E-state index in [0.29, 0.717) is 11.4 Å². The van der Waals surface area contributed by atoms with E-state index in [0.717, 1.165) is 24.7 Å². The van der Waals surface area contributed by atoms with Gasteiger partial charge in [-0.2, -0.15) is 0 Å². The van der Waals surface area contributed by atoms with E-state index in [9.17, 15) is 14.7 Å². The van der Waals surface area contributed by atoms with Gasteiger partial charge in [-0.05, 0) is 43.2 Å². The van der Waals surface area contributed by atoms with Crippen LogP contribution < -0.4 is 9.64 Å². The van der Waals surface area contributed by atoms with E-state index in [-0.39, 0.29) is 18.4 Å². The number of nitrogens with zero attached hydrogens (tertiary/aromatic N) is 1. The molecule has 2 aliphatic carbocycles. The molecule has 3 unspecified atom stereocenters. The van der Waals surface area contributed by atoms with Crippen molar-refractivity contribution in [1.29, 1.82) is 0 Å². The predicted molar refractivity (Wildman–Crippen MR) is 75.2 cm³/mol. The molecular weight excluding hydrogens is 270 g/mol. The molecule has 1 aromatic rings. The van der Waals surface area contributed by atoms with Crippen molar-refractivity contribution in [2.45, 2.75) is 25.4 Å². The van der Waals surface area contributed by atoms with Crippen molar-refractivity contribution in [3.8, 4) is 5.75 Å². The predicted octanol–water partition coefficient (Wildman–Crippen LogP) is 1.91. The lowest BCUT2D eigenvalue weighted by Gasteiger charge is -2.34. The van der Waals surface area contributed by atoms with E-state index < -0.39 is 12.1 Å². The Bertz CT molecular complexity index is 604. The normalized spacial score (nSPS) is 32.9. The molecule has 1 N–H and O–H groups in total. The van der Waals surface area contributed by atoms with Crippen LogP contribution in [-0.4, -0.2) is 29.6 Å². The fourth-order valence-corrected chi connectivity index (χ4v) is 3.71. The second kappa shape index (κ2) is 4.48. The molecule has 0 bridgehead atoms. The summed E-state index contributed by atoms with van der Waals surface area (Å²) in [5, 5.41) is 9.21. The molecule has 1 aliphatic heterocycles. The third-order valence-corrected chi connectivity index (χ3v) is 4.91. The van der Waals surface area contributed by atoms with Crippen molar-refractivity contribution < 1.29 is 19.4 Å². The summed E-state index contributed by atoms with van der Waals surface area (Å²) in [7, 11) is 0. The van der Waals surface area contributed by atoms with Crippen LogP contribution in [0.4, 0.5) is 5.69 Å². The summed E-state index contributed by atoms with van der Waals surface area (Å²) in [5.41, 5.74) is 0.695. The molecular formula is C16H17NO4. The van der Waals surface area contributed by atoms with Crippen LogP contribution in [0.15, 0.2) is 24.3 Å². The monoisotopic (exact) mass is 287 g/mol. The Morgan fingerprint density at radius 2 is 1.86 bits per heavy atom. The number of benzene rings is 1. The van der Waals surface area contributed by atoms with Crippen LogP contribution in [0.3, 0.4) is 0 Å². The lowest BCUT2D eigenvalue weighted by Crippen LogP contribution is -2.48. The zero-order chi connectivity index (χ0) is 14.6. The molecule has 21 heavy (non-hydrogen) atoms. The van der Waals surface area contributed by atoms with Gasteiger partial charge in [-0.25, -0.2) is 4.79 Å². The van der Waals surface area contributed by atoms with Crippen molar-refractivity contribution >= 4 is 17.6 Å². The van der Waals surface area contributed by atoms with Gasteiger partial charge in [0, 0.05) is 5.92 Å². The van der Waals surface area contributed by atoms with Crippen molar-refractivity contribution in [2.24, 2.45) is 17.8 Å². The molecule has 110 valence electrons. The highest BCUT2D eigenvalue weighted by molar-refractivity contribution is 5.98. The first kappa shape index (κ1) is 12.7. The maximum absolute atomic E-state index is 12.8. The van der Waals surface area contributed by atoms with Crippen LogP contribution in [0.5, 0.6) is 5.75 Å². The van der Waals surface area contributed by atoms with Crippen LogP contribution in [0, 0.1) is 17.8 Å². The molecule has 0 spiro atoms. The van der Waals surface area contributed by atoms with E-state index in [1.54, 1.807) is 17.0 Å². The van der Waals surface area contributed by atoms with Crippen LogP contribution >= 0.6 is 0 Å². The Hall–Kier alpha value is -2.04. The summed E-state index contributed by atoms with van der Waals surface area (Å²) in [6.07, 6.45) is 2.20. The molecule has 0 saturated heterocycles. The zero-order valence-corrected chi connectivity index (χ0v) is 11.6. The average molecular weight is 287 g/mol. The highest BCUT2D eigenvalue weighted by Gasteiger charge is 2.49. The van der Waals surface area contributed by atoms with Crippen molar-refractivity contribution in [2.75, 3.05) is 11.4 Å². The molecule has 5 heteroatoms. The first-order valence-corrected chi connectivity index (χ1v) is 7.43. The van der Waals surface area contributed by atoms with Gasteiger partial charge in [0.15, 0.2) is 0 Å². The first-order chi connectivity index (χ1) is 10.1. The van der Waals surface area contributed by atoms with E-state index in [1.165, 1.54) is 6.42 Å². The summed E-state index contributed by atoms with van der Waals surface area (Å²) in [5.74, 6) is 1.01. The molecule has 0 aromatic heterocycles. The molecule has 2 fully saturated rings. The Kier molecular flexibility index (Phi) is 2.71. The van der Waals surface area contributed by atoms with Crippen molar-refractivity contribution in [3.63, 3.8) is 0 Å². The second-order valence-electron chi connectivity index (χ2n) is 6.29. The number of hydrogen-bond donors (Lipinski definition) is 1. The number of anilines is 1. The van der Waals surface area contributed by atoms with Crippen LogP contribution in [0.2, 0.25) is 0 Å². The molecule has 3 aliphatic rings. The minimum atomic E-state index is -1.03. The topological polar surface area (TPSA) is 66.8 Å². The maximum atomic E-state index is 12.8. The Balaban J connectivity index is 1.63. The van der Waals surface area contributed by atoms with Crippen LogP contribution in [0.25, 0.3) is 0 Å². The lowest BCUT2D eigenvalue weighted by molar-refractivity contribution is -0.145. The standard InChI is InChI=1S/C16H17NO4/c18-15(11-6-9-5-10(9)7-11)17-8-14(16(19)20)21-13-4-2-1-3-12(13)17/h1-4,9-11,14H,5-8H2,(H,19,20). The summed E-state index contributed by atoms with van der Waals surface area (Å²) in [6.45, 7) is 0.0943.